The highest BCUT2D eigenvalue weighted by atomic mass is 19.1. The molecule has 1 saturated carbocycles. The second kappa shape index (κ2) is 6.13. The molecule has 0 aliphatic heterocycles. The lowest BCUT2D eigenvalue weighted by atomic mass is 10.1. The lowest BCUT2D eigenvalue weighted by Crippen LogP contribution is -2.38. The molecule has 0 bridgehead atoms. The number of aromatic nitrogens is 1. The molecule has 1 heterocycles. The number of hydrogen-bond donors (Lipinski definition) is 1. The number of carbonyl (C=O) groups is 1. The molecule has 1 aliphatic rings. The number of amides is 2. The molecule has 114 valence electrons. The van der Waals surface area contributed by atoms with Gasteiger partial charge in [-0.15, -0.1) is 0 Å². The van der Waals surface area contributed by atoms with E-state index in [0.29, 0.717) is 5.69 Å². The summed E-state index contributed by atoms with van der Waals surface area (Å²) in [7, 11) is 0. The minimum absolute atomic E-state index is 0.0743. The molecule has 2 aromatic rings. The minimum atomic E-state index is -0.365. The van der Waals surface area contributed by atoms with Crippen LogP contribution in [0.4, 0.5) is 14.9 Å². The number of pyridine rings is 1. The molecule has 1 aromatic heterocycles. The topological polar surface area (TPSA) is 45.2 Å². The van der Waals surface area contributed by atoms with E-state index >= 15 is 0 Å². The summed E-state index contributed by atoms with van der Waals surface area (Å²) in [6, 6.07) is 9.72. The van der Waals surface area contributed by atoms with Gasteiger partial charge >= 0.3 is 6.03 Å². The van der Waals surface area contributed by atoms with Crippen molar-refractivity contribution in [2.24, 2.45) is 0 Å². The highest BCUT2D eigenvalue weighted by Gasteiger charge is 2.36. The Balaban J connectivity index is 1.77. The van der Waals surface area contributed by atoms with E-state index < -0.39 is 0 Å². The number of urea groups is 1. The normalized spacial score (nSPS) is 15.2. The van der Waals surface area contributed by atoms with Crippen molar-refractivity contribution in [3.05, 3.63) is 60.2 Å². The van der Waals surface area contributed by atoms with Gasteiger partial charge in [-0.05, 0) is 49.6 Å². The van der Waals surface area contributed by atoms with E-state index in [0.717, 1.165) is 18.4 Å². The molecule has 0 spiro atoms. The molecular formula is C17H18FN3O. The fourth-order valence-electron chi connectivity index (χ4n) is 2.55. The predicted molar refractivity (Wildman–Crippen MR) is 82.9 cm³/mol. The second-order valence-electron chi connectivity index (χ2n) is 5.54. The van der Waals surface area contributed by atoms with Gasteiger partial charge in [0.2, 0.25) is 0 Å². The average molecular weight is 299 g/mol. The van der Waals surface area contributed by atoms with Crippen molar-refractivity contribution in [1.82, 2.24) is 9.88 Å². The Kier molecular flexibility index (Phi) is 4.04. The quantitative estimate of drug-likeness (QED) is 0.928. The van der Waals surface area contributed by atoms with E-state index in [-0.39, 0.29) is 23.9 Å². The third-order valence-corrected chi connectivity index (χ3v) is 3.83. The van der Waals surface area contributed by atoms with Crippen LogP contribution in [0.3, 0.4) is 0 Å². The van der Waals surface area contributed by atoms with E-state index in [9.17, 15) is 9.18 Å². The van der Waals surface area contributed by atoms with Crippen molar-refractivity contribution >= 4 is 11.7 Å². The Morgan fingerprint density at radius 3 is 2.82 bits per heavy atom. The zero-order valence-electron chi connectivity index (χ0n) is 12.4. The van der Waals surface area contributed by atoms with Crippen LogP contribution in [0.2, 0.25) is 0 Å². The Hall–Kier alpha value is -2.43. The van der Waals surface area contributed by atoms with Crippen molar-refractivity contribution in [2.45, 2.75) is 31.8 Å². The molecule has 22 heavy (non-hydrogen) atoms. The summed E-state index contributed by atoms with van der Waals surface area (Å²) >= 11 is 0. The summed E-state index contributed by atoms with van der Waals surface area (Å²) in [5.74, 6) is -0.365. The summed E-state index contributed by atoms with van der Waals surface area (Å²) in [5, 5.41) is 2.78. The van der Waals surface area contributed by atoms with Gasteiger partial charge in [0.15, 0.2) is 0 Å². The van der Waals surface area contributed by atoms with Crippen LogP contribution in [-0.2, 0) is 0 Å². The standard InChI is InChI=1S/C17H18FN3O/c1-12(13-4-3-9-19-11-13)21(16-7-8-16)17(22)20-15-6-2-5-14(18)10-15/h2-6,9-12,16H,7-8H2,1H3,(H,20,22)/t12-/m0/s1. The van der Waals surface area contributed by atoms with Crippen LogP contribution < -0.4 is 5.32 Å². The maximum atomic E-state index is 13.2. The van der Waals surface area contributed by atoms with Crippen molar-refractivity contribution < 1.29 is 9.18 Å². The summed E-state index contributed by atoms with van der Waals surface area (Å²) in [4.78, 5) is 18.5. The van der Waals surface area contributed by atoms with Gasteiger partial charge in [0.05, 0.1) is 6.04 Å². The number of hydrogen-bond acceptors (Lipinski definition) is 2. The molecule has 1 N–H and O–H groups in total. The molecule has 5 heteroatoms. The number of nitrogens with one attached hydrogen (secondary N) is 1. The number of carbonyl (C=O) groups excluding carboxylic acids is 1. The lowest BCUT2D eigenvalue weighted by molar-refractivity contribution is 0.189. The van der Waals surface area contributed by atoms with Crippen LogP contribution in [0.5, 0.6) is 0 Å². The Labute approximate surface area is 129 Å². The SMILES string of the molecule is C[C@@H](c1cccnc1)N(C(=O)Nc1cccc(F)c1)C1CC1. The van der Waals surface area contributed by atoms with Gasteiger partial charge in [-0.25, -0.2) is 9.18 Å². The van der Waals surface area contributed by atoms with Crippen LogP contribution >= 0.6 is 0 Å². The zero-order chi connectivity index (χ0) is 15.5. The summed E-state index contributed by atoms with van der Waals surface area (Å²) in [6.45, 7) is 1.99. The first-order valence-electron chi connectivity index (χ1n) is 7.40. The van der Waals surface area contributed by atoms with Gasteiger partial charge in [0.1, 0.15) is 5.82 Å². The van der Waals surface area contributed by atoms with Gasteiger partial charge in [0.25, 0.3) is 0 Å². The van der Waals surface area contributed by atoms with Crippen molar-refractivity contribution in [3.8, 4) is 0 Å². The van der Waals surface area contributed by atoms with Crippen LogP contribution in [0.25, 0.3) is 0 Å². The Morgan fingerprint density at radius 1 is 1.36 bits per heavy atom. The minimum Gasteiger partial charge on any atom is -0.315 e. The third-order valence-electron chi connectivity index (χ3n) is 3.83. The van der Waals surface area contributed by atoms with Gasteiger partial charge in [0, 0.05) is 24.1 Å². The molecule has 0 radical (unpaired) electrons. The molecule has 1 aliphatic carbocycles. The van der Waals surface area contributed by atoms with Crippen molar-refractivity contribution in [2.75, 3.05) is 5.32 Å². The maximum Gasteiger partial charge on any atom is 0.322 e. The first kappa shape index (κ1) is 14.5. The first-order valence-corrected chi connectivity index (χ1v) is 7.40. The molecule has 4 nitrogen and oxygen atoms in total. The van der Waals surface area contributed by atoms with E-state index in [1.54, 1.807) is 24.5 Å². The number of benzene rings is 1. The number of rotatable bonds is 4. The second-order valence-corrected chi connectivity index (χ2v) is 5.54. The lowest BCUT2D eigenvalue weighted by Gasteiger charge is -2.29. The largest absolute Gasteiger partial charge is 0.322 e. The fourth-order valence-corrected chi connectivity index (χ4v) is 2.55. The van der Waals surface area contributed by atoms with E-state index in [4.69, 9.17) is 0 Å². The molecule has 3 rings (SSSR count). The first-order chi connectivity index (χ1) is 10.6. The van der Waals surface area contributed by atoms with Gasteiger partial charge in [-0.3, -0.25) is 4.98 Å². The molecular weight excluding hydrogens is 281 g/mol. The van der Waals surface area contributed by atoms with Gasteiger partial charge in [-0.2, -0.15) is 0 Å². The van der Waals surface area contributed by atoms with Crippen LogP contribution in [-0.4, -0.2) is 22.0 Å². The molecule has 1 aromatic carbocycles. The number of halogens is 1. The molecule has 0 saturated heterocycles. The van der Waals surface area contributed by atoms with Crippen LogP contribution in [0, 0.1) is 5.82 Å². The smallest absolute Gasteiger partial charge is 0.315 e. The van der Waals surface area contributed by atoms with Crippen LogP contribution in [0.15, 0.2) is 48.8 Å². The average Bonchev–Trinajstić information content (AvgIpc) is 3.33. The Bertz CT molecular complexity index is 658. The highest BCUT2D eigenvalue weighted by molar-refractivity contribution is 5.90. The molecule has 1 fully saturated rings. The van der Waals surface area contributed by atoms with E-state index in [1.165, 1.54) is 12.1 Å². The number of anilines is 1. The van der Waals surface area contributed by atoms with Crippen molar-refractivity contribution in [3.63, 3.8) is 0 Å². The highest BCUT2D eigenvalue weighted by Crippen LogP contribution is 2.34. The van der Waals surface area contributed by atoms with Gasteiger partial charge in [-0.1, -0.05) is 12.1 Å². The van der Waals surface area contributed by atoms with Crippen molar-refractivity contribution in [1.29, 1.82) is 0 Å². The summed E-state index contributed by atoms with van der Waals surface area (Å²) in [6.07, 6.45) is 5.49. The molecule has 1 atom stereocenters. The van der Waals surface area contributed by atoms with E-state index in [2.05, 4.69) is 10.3 Å². The summed E-state index contributed by atoms with van der Waals surface area (Å²) in [5.41, 5.74) is 1.46. The van der Waals surface area contributed by atoms with Gasteiger partial charge < -0.3 is 10.2 Å². The van der Waals surface area contributed by atoms with Crippen LogP contribution in [0.1, 0.15) is 31.4 Å². The third kappa shape index (κ3) is 3.24. The fraction of sp³-hybridized carbons (Fsp3) is 0.294. The summed E-state index contributed by atoms with van der Waals surface area (Å²) < 4.78 is 13.2. The predicted octanol–water partition coefficient (Wildman–Crippen LogP) is 3.98. The maximum absolute atomic E-state index is 13.2. The number of nitrogens with zero attached hydrogens (tertiary/aromatic N) is 2. The monoisotopic (exact) mass is 299 g/mol. The Morgan fingerprint density at radius 2 is 2.18 bits per heavy atom. The van der Waals surface area contributed by atoms with E-state index in [1.807, 2.05) is 24.0 Å². The molecule has 0 unspecified atom stereocenters. The molecule has 2 amide bonds. The zero-order valence-corrected chi connectivity index (χ0v) is 12.4.